The summed E-state index contributed by atoms with van der Waals surface area (Å²) in [4.78, 5) is 0. The van der Waals surface area contributed by atoms with Crippen molar-refractivity contribution in [1.29, 1.82) is 0 Å². The summed E-state index contributed by atoms with van der Waals surface area (Å²) in [6.45, 7) is 0.388. The molecular weight excluding hydrogens is 269 g/mol. The van der Waals surface area contributed by atoms with Gasteiger partial charge in [0.15, 0.2) is 0 Å². The minimum Gasteiger partial charge on any atom is -0.493 e. The van der Waals surface area contributed by atoms with Crippen LogP contribution in [-0.4, -0.2) is 13.0 Å². The average molecular weight is 282 g/mol. The van der Waals surface area contributed by atoms with E-state index in [1.54, 1.807) is 6.07 Å². The molecule has 2 rings (SSSR count). The van der Waals surface area contributed by atoms with Gasteiger partial charge in [-0.1, -0.05) is 30.3 Å². The predicted octanol–water partition coefficient (Wildman–Crippen LogP) is 4.21. The van der Waals surface area contributed by atoms with Gasteiger partial charge in [-0.25, -0.2) is 0 Å². The molecule has 106 valence electrons. The van der Waals surface area contributed by atoms with E-state index >= 15 is 0 Å². The number of rotatable bonds is 5. The summed E-state index contributed by atoms with van der Waals surface area (Å²) in [6.07, 6.45) is -4.16. The van der Waals surface area contributed by atoms with Gasteiger partial charge in [0.2, 0.25) is 0 Å². The monoisotopic (exact) mass is 282 g/mol. The number of hydrogen-bond donors (Lipinski definition) is 0. The lowest BCUT2D eigenvalue weighted by Crippen LogP contribution is -2.17. The zero-order valence-corrected chi connectivity index (χ0v) is 10.6. The maximum absolute atomic E-state index is 12.1. The fourth-order valence-electron chi connectivity index (χ4n) is 1.70. The quantitative estimate of drug-likeness (QED) is 0.818. The van der Waals surface area contributed by atoms with Gasteiger partial charge in [-0.15, -0.1) is 13.2 Å². The minimum absolute atomic E-state index is 0.213. The number of benzene rings is 2. The van der Waals surface area contributed by atoms with Crippen LogP contribution in [0, 0.1) is 0 Å². The molecule has 0 saturated heterocycles. The van der Waals surface area contributed by atoms with Crippen LogP contribution in [0.3, 0.4) is 0 Å². The van der Waals surface area contributed by atoms with Gasteiger partial charge in [-0.05, 0) is 29.8 Å². The zero-order chi connectivity index (χ0) is 14.4. The second kappa shape index (κ2) is 6.32. The van der Waals surface area contributed by atoms with Gasteiger partial charge in [0.05, 0.1) is 6.61 Å². The molecule has 0 aliphatic carbocycles. The molecule has 0 unspecified atom stereocenters. The van der Waals surface area contributed by atoms with Crippen molar-refractivity contribution in [3.8, 4) is 11.5 Å². The Morgan fingerprint density at radius 1 is 0.850 bits per heavy atom. The summed E-state index contributed by atoms with van der Waals surface area (Å²) in [5.74, 6) is 0.518. The predicted molar refractivity (Wildman–Crippen MR) is 68.8 cm³/mol. The van der Waals surface area contributed by atoms with Crippen LogP contribution in [0.15, 0.2) is 54.6 Å². The topological polar surface area (TPSA) is 18.5 Å². The van der Waals surface area contributed by atoms with Crippen molar-refractivity contribution in [2.45, 2.75) is 12.8 Å². The minimum atomic E-state index is -4.67. The molecule has 2 aromatic rings. The van der Waals surface area contributed by atoms with Gasteiger partial charge in [-0.2, -0.15) is 0 Å². The summed E-state index contributed by atoms with van der Waals surface area (Å²) in [7, 11) is 0. The maximum Gasteiger partial charge on any atom is 0.573 e. The Morgan fingerprint density at radius 2 is 1.55 bits per heavy atom. The van der Waals surface area contributed by atoms with Crippen LogP contribution in [0.2, 0.25) is 0 Å². The Bertz CT molecular complexity index is 538. The molecule has 20 heavy (non-hydrogen) atoms. The van der Waals surface area contributed by atoms with Gasteiger partial charge in [0.25, 0.3) is 0 Å². The second-order valence-electron chi connectivity index (χ2n) is 4.11. The molecule has 0 radical (unpaired) electrons. The van der Waals surface area contributed by atoms with E-state index in [4.69, 9.17) is 4.74 Å². The lowest BCUT2D eigenvalue weighted by atomic mass is 10.1. The van der Waals surface area contributed by atoms with Gasteiger partial charge >= 0.3 is 6.36 Å². The first-order valence-electron chi connectivity index (χ1n) is 6.05. The van der Waals surface area contributed by atoms with Crippen LogP contribution in [-0.2, 0) is 6.42 Å². The Hall–Kier alpha value is -2.17. The molecule has 0 amide bonds. The van der Waals surface area contributed by atoms with E-state index in [1.807, 2.05) is 30.3 Å². The SMILES string of the molecule is FC(F)(F)Oc1cccc(CCOc2ccccc2)c1. The van der Waals surface area contributed by atoms with Crippen molar-refractivity contribution < 1.29 is 22.6 Å². The van der Waals surface area contributed by atoms with Gasteiger partial charge in [-0.3, -0.25) is 0 Å². The third-order valence-corrected chi connectivity index (χ3v) is 2.53. The first-order chi connectivity index (χ1) is 9.53. The Kier molecular flexibility index (Phi) is 4.50. The molecule has 0 bridgehead atoms. The summed E-state index contributed by atoms with van der Waals surface area (Å²) in [5, 5.41) is 0. The third-order valence-electron chi connectivity index (χ3n) is 2.53. The van der Waals surface area contributed by atoms with E-state index in [9.17, 15) is 13.2 Å². The van der Waals surface area contributed by atoms with Crippen LogP contribution in [0.4, 0.5) is 13.2 Å². The summed E-state index contributed by atoms with van der Waals surface area (Å²) in [6, 6.07) is 15.1. The Labute approximate surface area is 114 Å². The highest BCUT2D eigenvalue weighted by Gasteiger charge is 2.31. The highest BCUT2D eigenvalue weighted by molar-refractivity contribution is 5.29. The number of hydrogen-bond acceptors (Lipinski definition) is 2. The van der Waals surface area contributed by atoms with Crippen molar-refractivity contribution in [1.82, 2.24) is 0 Å². The summed E-state index contributed by atoms with van der Waals surface area (Å²) in [5.41, 5.74) is 0.725. The van der Waals surface area contributed by atoms with Crippen molar-refractivity contribution in [3.63, 3.8) is 0 Å². The fourth-order valence-corrected chi connectivity index (χ4v) is 1.70. The molecule has 2 nitrogen and oxygen atoms in total. The average Bonchev–Trinajstić information content (AvgIpc) is 2.38. The molecule has 0 atom stereocenters. The second-order valence-corrected chi connectivity index (χ2v) is 4.11. The molecule has 0 heterocycles. The molecule has 5 heteroatoms. The molecule has 0 fully saturated rings. The lowest BCUT2D eigenvalue weighted by Gasteiger charge is -2.10. The van der Waals surface area contributed by atoms with Crippen LogP contribution < -0.4 is 9.47 Å². The molecule has 2 aromatic carbocycles. The van der Waals surface area contributed by atoms with Gasteiger partial charge in [0, 0.05) is 6.42 Å². The van der Waals surface area contributed by atoms with Crippen LogP contribution in [0.5, 0.6) is 11.5 Å². The lowest BCUT2D eigenvalue weighted by molar-refractivity contribution is -0.274. The van der Waals surface area contributed by atoms with Crippen LogP contribution in [0.1, 0.15) is 5.56 Å². The number of halogens is 3. The molecule has 0 saturated carbocycles. The molecule has 0 N–H and O–H groups in total. The third kappa shape index (κ3) is 4.84. The molecule has 0 spiro atoms. The van der Waals surface area contributed by atoms with Crippen molar-refractivity contribution in [2.75, 3.05) is 6.61 Å². The Morgan fingerprint density at radius 3 is 2.25 bits per heavy atom. The normalized spacial score (nSPS) is 11.2. The largest absolute Gasteiger partial charge is 0.573 e. The summed E-state index contributed by atoms with van der Waals surface area (Å²) >= 11 is 0. The van der Waals surface area contributed by atoms with Crippen molar-refractivity contribution in [3.05, 3.63) is 60.2 Å². The number of ether oxygens (including phenoxy) is 2. The van der Waals surface area contributed by atoms with Crippen LogP contribution in [0.25, 0.3) is 0 Å². The summed E-state index contributed by atoms with van der Waals surface area (Å²) < 4.78 is 45.7. The fraction of sp³-hybridized carbons (Fsp3) is 0.200. The molecule has 0 aromatic heterocycles. The van der Waals surface area contributed by atoms with E-state index in [-0.39, 0.29) is 5.75 Å². The highest BCUT2D eigenvalue weighted by Crippen LogP contribution is 2.23. The zero-order valence-electron chi connectivity index (χ0n) is 10.6. The standard InChI is InChI=1S/C15H13F3O2/c16-15(17,18)20-14-8-4-5-12(11-14)9-10-19-13-6-2-1-3-7-13/h1-8,11H,9-10H2. The van der Waals surface area contributed by atoms with Gasteiger partial charge in [0.1, 0.15) is 11.5 Å². The Balaban J connectivity index is 1.88. The van der Waals surface area contributed by atoms with E-state index in [2.05, 4.69) is 4.74 Å². The number of alkyl halides is 3. The van der Waals surface area contributed by atoms with Crippen molar-refractivity contribution in [2.24, 2.45) is 0 Å². The van der Waals surface area contributed by atoms with E-state index in [1.165, 1.54) is 18.2 Å². The molecule has 0 aliphatic heterocycles. The van der Waals surface area contributed by atoms with E-state index < -0.39 is 6.36 Å². The van der Waals surface area contributed by atoms with E-state index in [0.29, 0.717) is 13.0 Å². The molecular formula is C15H13F3O2. The van der Waals surface area contributed by atoms with Crippen molar-refractivity contribution >= 4 is 0 Å². The number of para-hydroxylation sites is 1. The first kappa shape index (κ1) is 14.2. The highest BCUT2D eigenvalue weighted by atomic mass is 19.4. The maximum atomic E-state index is 12.1. The van der Waals surface area contributed by atoms with Gasteiger partial charge < -0.3 is 9.47 Å². The first-order valence-corrected chi connectivity index (χ1v) is 6.05. The smallest absolute Gasteiger partial charge is 0.493 e. The van der Waals surface area contributed by atoms with Crippen LogP contribution >= 0.6 is 0 Å². The van der Waals surface area contributed by atoms with E-state index in [0.717, 1.165) is 11.3 Å². The molecule has 0 aliphatic rings.